The molecule has 1 saturated heterocycles. The van der Waals surface area contributed by atoms with Gasteiger partial charge < -0.3 is 14.2 Å². The monoisotopic (exact) mass is 174 g/mol. The molecule has 1 aliphatic rings. The Morgan fingerprint density at radius 1 is 1.33 bits per heavy atom. The van der Waals surface area contributed by atoms with Crippen molar-refractivity contribution in [3.8, 4) is 0 Å². The molecule has 0 aromatic carbocycles. The maximum Gasteiger partial charge on any atom is 0.162 e. The zero-order chi connectivity index (χ0) is 9.03. The summed E-state index contributed by atoms with van der Waals surface area (Å²) in [4.78, 5) is 0. The summed E-state index contributed by atoms with van der Waals surface area (Å²) in [5.41, 5.74) is 0. The maximum atomic E-state index is 5.47. The normalized spacial score (nSPS) is 24.2. The van der Waals surface area contributed by atoms with Crippen LogP contribution in [0.2, 0.25) is 0 Å². The lowest BCUT2D eigenvalue weighted by molar-refractivity contribution is -0.266. The van der Waals surface area contributed by atoms with E-state index in [4.69, 9.17) is 14.2 Å². The highest BCUT2D eigenvalue weighted by atomic mass is 16.7. The largest absolute Gasteiger partial charge is 0.381 e. The van der Waals surface area contributed by atoms with E-state index in [9.17, 15) is 0 Å². The minimum absolute atomic E-state index is 0.400. The second kappa shape index (κ2) is 4.21. The fourth-order valence-electron chi connectivity index (χ4n) is 1.11. The van der Waals surface area contributed by atoms with Gasteiger partial charge in [0.05, 0.1) is 19.8 Å². The van der Waals surface area contributed by atoms with Crippen LogP contribution < -0.4 is 0 Å². The highest BCUT2D eigenvalue weighted by Crippen LogP contribution is 2.20. The van der Waals surface area contributed by atoms with Gasteiger partial charge in [-0.1, -0.05) is 0 Å². The third-order valence-corrected chi connectivity index (χ3v) is 1.89. The molecule has 0 saturated carbocycles. The molecule has 1 rings (SSSR count). The first kappa shape index (κ1) is 9.96. The Hall–Kier alpha value is -0.120. The van der Waals surface area contributed by atoms with E-state index in [-0.39, 0.29) is 0 Å². The molecule has 0 amide bonds. The standard InChI is InChI=1S/C9H18O3/c1-4-10-5-8-6-11-9(2,3)12-7-8/h8H,4-7H2,1-3H3. The molecule has 0 radical (unpaired) electrons. The summed E-state index contributed by atoms with van der Waals surface area (Å²) < 4.78 is 16.2. The third kappa shape index (κ3) is 3.09. The van der Waals surface area contributed by atoms with Crippen LogP contribution in [0.4, 0.5) is 0 Å². The van der Waals surface area contributed by atoms with Crippen molar-refractivity contribution >= 4 is 0 Å². The molecule has 3 nitrogen and oxygen atoms in total. The van der Waals surface area contributed by atoms with Crippen LogP contribution in [0.25, 0.3) is 0 Å². The smallest absolute Gasteiger partial charge is 0.162 e. The summed E-state index contributed by atoms with van der Waals surface area (Å²) in [6, 6.07) is 0. The predicted octanol–water partition coefficient (Wildman–Crippen LogP) is 1.42. The van der Waals surface area contributed by atoms with Crippen molar-refractivity contribution < 1.29 is 14.2 Å². The van der Waals surface area contributed by atoms with Gasteiger partial charge in [-0.05, 0) is 20.8 Å². The summed E-state index contributed by atoms with van der Waals surface area (Å²) in [7, 11) is 0. The van der Waals surface area contributed by atoms with E-state index in [0.29, 0.717) is 5.92 Å². The second-order valence-electron chi connectivity index (χ2n) is 3.55. The lowest BCUT2D eigenvalue weighted by atomic mass is 10.1. The SMILES string of the molecule is CCOCC1COC(C)(C)OC1. The molecule has 12 heavy (non-hydrogen) atoms. The van der Waals surface area contributed by atoms with Crippen LogP contribution in [0.15, 0.2) is 0 Å². The first-order chi connectivity index (χ1) is 5.64. The zero-order valence-electron chi connectivity index (χ0n) is 8.13. The van der Waals surface area contributed by atoms with Gasteiger partial charge >= 0.3 is 0 Å². The Morgan fingerprint density at radius 3 is 2.42 bits per heavy atom. The molecule has 3 heteroatoms. The van der Waals surface area contributed by atoms with Gasteiger partial charge in [0.25, 0.3) is 0 Å². The number of ether oxygens (including phenoxy) is 3. The Kier molecular flexibility index (Phi) is 3.50. The van der Waals surface area contributed by atoms with Crippen molar-refractivity contribution in [3.05, 3.63) is 0 Å². The minimum Gasteiger partial charge on any atom is -0.381 e. The average molecular weight is 174 g/mol. The van der Waals surface area contributed by atoms with Crippen LogP contribution in [-0.2, 0) is 14.2 Å². The fourth-order valence-corrected chi connectivity index (χ4v) is 1.11. The third-order valence-electron chi connectivity index (χ3n) is 1.89. The first-order valence-corrected chi connectivity index (χ1v) is 4.49. The van der Waals surface area contributed by atoms with Crippen LogP contribution in [0, 0.1) is 5.92 Å². The van der Waals surface area contributed by atoms with Crippen molar-refractivity contribution in [1.82, 2.24) is 0 Å². The molecule has 0 aliphatic carbocycles. The summed E-state index contributed by atoms with van der Waals surface area (Å²) in [5.74, 6) is 0.000818. The second-order valence-corrected chi connectivity index (χ2v) is 3.55. The van der Waals surface area contributed by atoms with E-state index < -0.39 is 5.79 Å². The van der Waals surface area contributed by atoms with E-state index >= 15 is 0 Å². The van der Waals surface area contributed by atoms with Gasteiger partial charge in [-0.25, -0.2) is 0 Å². The number of rotatable bonds is 3. The van der Waals surface area contributed by atoms with Gasteiger partial charge in [0, 0.05) is 12.5 Å². The summed E-state index contributed by atoms with van der Waals surface area (Å²) >= 11 is 0. The van der Waals surface area contributed by atoms with Crippen LogP contribution in [0.1, 0.15) is 20.8 Å². The quantitative estimate of drug-likeness (QED) is 0.647. The molecule has 0 N–H and O–H groups in total. The van der Waals surface area contributed by atoms with E-state index in [1.165, 1.54) is 0 Å². The van der Waals surface area contributed by atoms with Crippen molar-refractivity contribution in [2.75, 3.05) is 26.4 Å². The van der Waals surface area contributed by atoms with E-state index in [2.05, 4.69) is 0 Å². The maximum absolute atomic E-state index is 5.47. The summed E-state index contributed by atoms with van der Waals surface area (Å²) in [5, 5.41) is 0. The Bertz CT molecular complexity index is 124. The molecule has 1 aliphatic heterocycles. The van der Waals surface area contributed by atoms with E-state index in [1.54, 1.807) is 0 Å². The van der Waals surface area contributed by atoms with Crippen molar-refractivity contribution in [2.45, 2.75) is 26.6 Å². The van der Waals surface area contributed by atoms with Gasteiger partial charge in [0.1, 0.15) is 0 Å². The Balaban J connectivity index is 2.18. The van der Waals surface area contributed by atoms with Crippen LogP contribution in [0.3, 0.4) is 0 Å². The minimum atomic E-state index is -0.400. The van der Waals surface area contributed by atoms with Crippen LogP contribution in [-0.4, -0.2) is 32.2 Å². The highest BCUT2D eigenvalue weighted by molar-refractivity contribution is 4.66. The predicted molar refractivity (Wildman–Crippen MR) is 46.0 cm³/mol. The molecule has 0 aromatic heterocycles. The lowest BCUT2D eigenvalue weighted by Gasteiger charge is -2.34. The Labute approximate surface area is 74.0 Å². The van der Waals surface area contributed by atoms with Crippen molar-refractivity contribution in [1.29, 1.82) is 0 Å². The molecule has 0 bridgehead atoms. The first-order valence-electron chi connectivity index (χ1n) is 4.49. The molecule has 0 unspecified atom stereocenters. The van der Waals surface area contributed by atoms with E-state index in [1.807, 2.05) is 20.8 Å². The average Bonchev–Trinajstić information content (AvgIpc) is 2.03. The van der Waals surface area contributed by atoms with E-state index in [0.717, 1.165) is 26.4 Å². The summed E-state index contributed by atoms with van der Waals surface area (Å²) in [6.07, 6.45) is 0. The van der Waals surface area contributed by atoms with Crippen molar-refractivity contribution in [3.63, 3.8) is 0 Å². The summed E-state index contributed by atoms with van der Waals surface area (Å²) in [6.45, 7) is 8.86. The molecule has 0 atom stereocenters. The van der Waals surface area contributed by atoms with Crippen LogP contribution >= 0.6 is 0 Å². The molecule has 1 fully saturated rings. The topological polar surface area (TPSA) is 27.7 Å². The number of hydrogen-bond acceptors (Lipinski definition) is 3. The van der Waals surface area contributed by atoms with Crippen molar-refractivity contribution in [2.24, 2.45) is 5.92 Å². The molecule has 0 spiro atoms. The van der Waals surface area contributed by atoms with Gasteiger partial charge in [-0.3, -0.25) is 0 Å². The molecular formula is C9H18O3. The number of hydrogen-bond donors (Lipinski definition) is 0. The molecule has 0 aromatic rings. The van der Waals surface area contributed by atoms with Gasteiger partial charge in [0.15, 0.2) is 5.79 Å². The molecular weight excluding hydrogens is 156 g/mol. The van der Waals surface area contributed by atoms with Gasteiger partial charge in [-0.2, -0.15) is 0 Å². The van der Waals surface area contributed by atoms with Crippen LogP contribution in [0.5, 0.6) is 0 Å². The Morgan fingerprint density at radius 2 is 1.92 bits per heavy atom. The fraction of sp³-hybridized carbons (Fsp3) is 1.00. The van der Waals surface area contributed by atoms with Gasteiger partial charge in [0.2, 0.25) is 0 Å². The highest BCUT2D eigenvalue weighted by Gasteiger charge is 2.27. The molecule has 1 heterocycles. The zero-order valence-corrected chi connectivity index (χ0v) is 8.13. The lowest BCUT2D eigenvalue weighted by Crippen LogP contribution is -2.40. The molecule has 72 valence electrons. The van der Waals surface area contributed by atoms with Gasteiger partial charge in [-0.15, -0.1) is 0 Å².